The van der Waals surface area contributed by atoms with Crippen LogP contribution in [0.2, 0.25) is 0 Å². The van der Waals surface area contributed by atoms with E-state index in [1.54, 1.807) is 54.3 Å². The van der Waals surface area contributed by atoms with Gasteiger partial charge in [-0.3, -0.25) is 14.5 Å². The van der Waals surface area contributed by atoms with Gasteiger partial charge in [-0.05, 0) is 29.8 Å². The molecular formula is C20H18FN5O3S. The van der Waals surface area contributed by atoms with Crippen molar-refractivity contribution in [1.29, 1.82) is 0 Å². The number of imidazole rings is 1. The molecule has 0 saturated heterocycles. The Morgan fingerprint density at radius 2 is 1.97 bits per heavy atom. The summed E-state index contributed by atoms with van der Waals surface area (Å²) in [4.78, 5) is 21.2. The summed E-state index contributed by atoms with van der Waals surface area (Å²) in [5, 5.41) is 2.84. The monoisotopic (exact) mass is 427 g/mol. The number of hydrogen-bond donors (Lipinski definition) is 2. The minimum absolute atomic E-state index is 0.121. The number of nitrogens with one attached hydrogen (secondary N) is 2. The van der Waals surface area contributed by atoms with Crippen molar-refractivity contribution >= 4 is 21.8 Å². The van der Waals surface area contributed by atoms with E-state index >= 15 is 0 Å². The molecule has 8 nitrogen and oxygen atoms in total. The normalized spacial score (nSPS) is 16.7. The molecule has 0 bridgehead atoms. The van der Waals surface area contributed by atoms with Crippen molar-refractivity contribution in [3.05, 3.63) is 83.7 Å². The molecule has 2 N–H and O–H groups in total. The molecule has 154 valence electrons. The number of amidine groups is 1. The van der Waals surface area contributed by atoms with E-state index < -0.39 is 22.0 Å². The third-order valence-electron chi connectivity index (χ3n) is 4.67. The van der Waals surface area contributed by atoms with E-state index in [4.69, 9.17) is 0 Å². The highest BCUT2D eigenvalue weighted by Gasteiger charge is 2.30. The quantitative estimate of drug-likeness (QED) is 0.644. The standard InChI is InChI=1S/C20H18FN5O3S/c1-26-11-10-22-20(26)18(13-6-8-14(21)9-7-13)24-17(27)12-23-19-15-4-2-3-5-16(15)30(28,29)25-19/h2-11,18H,12H2,1H3,(H,23,25)(H,24,27). The molecule has 1 amide bonds. The molecule has 0 saturated carbocycles. The number of sulfonamides is 1. The lowest BCUT2D eigenvalue weighted by Crippen LogP contribution is -2.33. The number of carbonyl (C=O) groups is 1. The van der Waals surface area contributed by atoms with Crippen LogP contribution in [-0.4, -0.2) is 36.3 Å². The lowest BCUT2D eigenvalue weighted by Gasteiger charge is -2.19. The first-order chi connectivity index (χ1) is 14.3. The third-order valence-corrected chi connectivity index (χ3v) is 6.07. The Kier molecular flexibility index (Phi) is 5.08. The number of fused-ring (bicyclic) bond motifs is 1. The molecule has 2 heterocycles. The number of aryl methyl sites for hydroxylation is 1. The Morgan fingerprint density at radius 1 is 1.23 bits per heavy atom. The summed E-state index contributed by atoms with van der Waals surface area (Å²) in [6.07, 6.45) is 3.34. The summed E-state index contributed by atoms with van der Waals surface area (Å²) in [7, 11) is -1.89. The summed E-state index contributed by atoms with van der Waals surface area (Å²) in [5.41, 5.74) is 1.07. The number of halogens is 1. The molecule has 4 rings (SSSR count). The zero-order valence-electron chi connectivity index (χ0n) is 15.9. The van der Waals surface area contributed by atoms with E-state index in [2.05, 4.69) is 20.0 Å². The van der Waals surface area contributed by atoms with Gasteiger partial charge in [0.25, 0.3) is 10.0 Å². The van der Waals surface area contributed by atoms with Crippen molar-refractivity contribution in [2.45, 2.75) is 10.9 Å². The average Bonchev–Trinajstić information content (AvgIpc) is 3.26. The molecule has 1 atom stereocenters. The van der Waals surface area contributed by atoms with Crippen LogP contribution < -0.4 is 10.0 Å². The Morgan fingerprint density at radius 3 is 2.67 bits per heavy atom. The van der Waals surface area contributed by atoms with Gasteiger partial charge in [0.15, 0.2) is 0 Å². The van der Waals surface area contributed by atoms with Crippen molar-refractivity contribution in [2.75, 3.05) is 6.54 Å². The Bertz CT molecular complexity index is 1240. The van der Waals surface area contributed by atoms with Crippen LogP contribution in [0.3, 0.4) is 0 Å². The lowest BCUT2D eigenvalue weighted by atomic mass is 10.1. The molecule has 2 aromatic carbocycles. The van der Waals surface area contributed by atoms with Gasteiger partial charge < -0.3 is 9.88 Å². The molecule has 30 heavy (non-hydrogen) atoms. The first-order valence-corrected chi connectivity index (χ1v) is 10.5. The van der Waals surface area contributed by atoms with Crippen LogP contribution in [0.1, 0.15) is 23.0 Å². The van der Waals surface area contributed by atoms with Crippen LogP contribution in [0.5, 0.6) is 0 Å². The van der Waals surface area contributed by atoms with Crippen LogP contribution >= 0.6 is 0 Å². The predicted octanol–water partition coefficient (Wildman–Crippen LogP) is 1.50. The van der Waals surface area contributed by atoms with Gasteiger partial charge in [-0.15, -0.1) is 0 Å². The predicted molar refractivity (Wildman–Crippen MR) is 108 cm³/mol. The number of benzene rings is 2. The fourth-order valence-corrected chi connectivity index (χ4v) is 4.47. The smallest absolute Gasteiger partial charge is 0.263 e. The van der Waals surface area contributed by atoms with E-state index in [-0.39, 0.29) is 23.1 Å². The third kappa shape index (κ3) is 3.81. The number of amides is 1. The maximum absolute atomic E-state index is 13.3. The molecule has 0 fully saturated rings. The molecule has 1 aliphatic heterocycles. The van der Waals surface area contributed by atoms with Crippen LogP contribution in [-0.2, 0) is 21.9 Å². The Balaban J connectivity index is 1.56. The number of nitrogens with zero attached hydrogens (tertiary/aromatic N) is 3. The van der Waals surface area contributed by atoms with Gasteiger partial charge in [0, 0.05) is 25.0 Å². The van der Waals surface area contributed by atoms with Gasteiger partial charge in [-0.25, -0.2) is 17.8 Å². The summed E-state index contributed by atoms with van der Waals surface area (Å²) in [5.74, 6) is -0.142. The van der Waals surface area contributed by atoms with E-state index in [1.807, 2.05) is 0 Å². The zero-order chi connectivity index (χ0) is 21.3. The van der Waals surface area contributed by atoms with Gasteiger partial charge in [0.2, 0.25) is 5.91 Å². The first-order valence-electron chi connectivity index (χ1n) is 9.04. The highest BCUT2D eigenvalue weighted by Crippen LogP contribution is 2.23. The summed E-state index contributed by atoms with van der Waals surface area (Å²) >= 11 is 0. The van der Waals surface area contributed by atoms with Crippen LogP contribution in [0.15, 0.2) is 70.8 Å². The van der Waals surface area contributed by atoms with Crippen molar-refractivity contribution in [3.63, 3.8) is 0 Å². The van der Waals surface area contributed by atoms with Crippen molar-refractivity contribution in [2.24, 2.45) is 12.0 Å². The second-order valence-corrected chi connectivity index (χ2v) is 8.37. The van der Waals surface area contributed by atoms with Gasteiger partial charge >= 0.3 is 0 Å². The van der Waals surface area contributed by atoms with Crippen molar-refractivity contribution in [1.82, 2.24) is 19.6 Å². The van der Waals surface area contributed by atoms with E-state index in [0.717, 1.165) is 0 Å². The Hall–Kier alpha value is -3.53. The van der Waals surface area contributed by atoms with Gasteiger partial charge in [-0.2, -0.15) is 0 Å². The second-order valence-electron chi connectivity index (χ2n) is 6.71. The summed E-state index contributed by atoms with van der Waals surface area (Å²) in [6.45, 7) is -0.297. The average molecular weight is 427 g/mol. The largest absolute Gasteiger partial charge is 0.340 e. The second kappa shape index (κ2) is 7.71. The number of aromatic nitrogens is 2. The lowest BCUT2D eigenvalue weighted by molar-refractivity contribution is -0.120. The topological polar surface area (TPSA) is 105 Å². The van der Waals surface area contributed by atoms with Gasteiger partial charge in [0.1, 0.15) is 30.1 Å². The van der Waals surface area contributed by atoms with E-state index in [9.17, 15) is 17.6 Å². The maximum atomic E-state index is 13.3. The fourth-order valence-electron chi connectivity index (χ4n) is 3.22. The number of rotatable bonds is 5. The molecule has 0 aliphatic carbocycles. The van der Waals surface area contributed by atoms with Crippen LogP contribution in [0.4, 0.5) is 4.39 Å². The fraction of sp³-hybridized carbons (Fsp3) is 0.150. The SMILES string of the molecule is Cn1ccnc1C(NC(=O)CN=C1NS(=O)(=O)c2ccccc21)c1ccc(F)cc1. The van der Waals surface area contributed by atoms with Crippen molar-refractivity contribution in [3.8, 4) is 0 Å². The number of hydrogen-bond acceptors (Lipinski definition) is 5. The molecule has 0 spiro atoms. The van der Waals surface area contributed by atoms with Crippen molar-refractivity contribution < 1.29 is 17.6 Å². The van der Waals surface area contributed by atoms with Gasteiger partial charge in [0.05, 0.1) is 4.90 Å². The van der Waals surface area contributed by atoms with E-state index in [0.29, 0.717) is 17.0 Å². The number of carbonyl (C=O) groups excluding carboxylic acids is 1. The minimum atomic E-state index is -3.68. The molecule has 3 aromatic rings. The molecule has 1 aliphatic rings. The zero-order valence-corrected chi connectivity index (χ0v) is 16.7. The highest BCUT2D eigenvalue weighted by molar-refractivity contribution is 7.90. The minimum Gasteiger partial charge on any atom is -0.340 e. The highest BCUT2D eigenvalue weighted by atomic mass is 32.2. The maximum Gasteiger partial charge on any atom is 0.263 e. The Labute approximate surface area is 172 Å². The molecule has 1 unspecified atom stereocenters. The molecule has 10 heteroatoms. The molecule has 1 aromatic heterocycles. The van der Waals surface area contributed by atoms with E-state index in [1.165, 1.54) is 18.2 Å². The van der Waals surface area contributed by atoms with Crippen LogP contribution in [0.25, 0.3) is 0 Å². The molecule has 0 radical (unpaired) electrons. The van der Waals surface area contributed by atoms with Gasteiger partial charge in [-0.1, -0.05) is 24.3 Å². The summed E-state index contributed by atoms with van der Waals surface area (Å²) in [6, 6.07) is 11.6. The van der Waals surface area contributed by atoms with Crippen LogP contribution in [0, 0.1) is 5.82 Å². The summed E-state index contributed by atoms with van der Waals surface area (Å²) < 4.78 is 41.8. The molecular weight excluding hydrogens is 409 g/mol. The first kappa shape index (κ1) is 19.8. The number of aliphatic imine (C=N–C) groups is 1.